The van der Waals surface area contributed by atoms with Crippen molar-refractivity contribution in [1.29, 1.82) is 0 Å². The maximum Gasteiger partial charge on any atom is 0.257 e. The summed E-state index contributed by atoms with van der Waals surface area (Å²) in [5.41, 5.74) is 6.02. The summed E-state index contributed by atoms with van der Waals surface area (Å²) in [5, 5.41) is 6.28. The molecule has 0 bridgehead atoms. The van der Waals surface area contributed by atoms with Crippen LogP contribution in [0.4, 0.5) is 14.6 Å². The van der Waals surface area contributed by atoms with Crippen LogP contribution in [0.2, 0.25) is 0 Å². The Hall–Kier alpha value is -1.50. The van der Waals surface area contributed by atoms with Gasteiger partial charge in [0.15, 0.2) is 0 Å². The molecular weight excluding hydrogens is 222 g/mol. The third-order valence-corrected chi connectivity index (χ3v) is 2.59. The van der Waals surface area contributed by atoms with Crippen molar-refractivity contribution < 1.29 is 8.78 Å². The van der Waals surface area contributed by atoms with Gasteiger partial charge in [0.1, 0.15) is 23.1 Å². The van der Waals surface area contributed by atoms with Crippen molar-refractivity contribution >= 4 is 17.2 Å². The average molecular weight is 230 g/mol. The number of aromatic nitrogens is 3. The average Bonchev–Trinajstić information content (AvgIpc) is 2.72. The van der Waals surface area contributed by atoms with Gasteiger partial charge in [0.25, 0.3) is 6.43 Å². The lowest BCUT2D eigenvalue weighted by Crippen LogP contribution is -2.06. The first-order valence-corrected chi connectivity index (χ1v) is 5.06. The summed E-state index contributed by atoms with van der Waals surface area (Å²) in [6.45, 7) is -0.402. The molecule has 0 aliphatic heterocycles. The number of anilines is 1. The van der Waals surface area contributed by atoms with Crippen molar-refractivity contribution in [2.24, 2.45) is 0 Å². The highest BCUT2D eigenvalue weighted by atomic mass is 32.1. The smallest absolute Gasteiger partial charge is 0.257 e. The Balaban J connectivity index is 2.20. The van der Waals surface area contributed by atoms with Crippen molar-refractivity contribution in [1.82, 2.24) is 14.8 Å². The van der Waals surface area contributed by atoms with E-state index in [9.17, 15) is 8.78 Å². The Morgan fingerprint density at radius 1 is 1.53 bits per heavy atom. The van der Waals surface area contributed by atoms with E-state index in [1.54, 1.807) is 11.4 Å². The Morgan fingerprint density at radius 2 is 2.33 bits per heavy atom. The molecule has 2 aromatic heterocycles. The molecule has 0 saturated carbocycles. The predicted molar refractivity (Wildman–Crippen MR) is 53.8 cm³/mol. The van der Waals surface area contributed by atoms with Gasteiger partial charge in [-0.1, -0.05) is 0 Å². The van der Waals surface area contributed by atoms with Crippen LogP contribution in [0.15, 0.2) is 17.6 Å². The van der Waals surface area contributed by atoms with Gasteiger partial charge in [0.2, 0.25) is 0 Å². The summed E-state index contributed by atoms with van der Waals surface area (Å²) < 4.78 is 25.3. The second-order valence-corrected chi connectivity index (χ2v) is 3.75. The van der Waals surface area contributed by atoms with E-state index in [0.717, 1.165) is 0 Å². The third kappa shape index (κ3) is 2.30. The predicted octanol–water partition coefficient (Wildman–Crippen LogP) is 1.85. The van der Waals surface area contributed by atoms with Crippen molar-refractivity contribution in [3.63, 3.8) is 0 Å². The monoisotopic (exact) mass is 230 g/mol. The molecule has 0 spiro atoms. The normalized spacial score (nSPS) is 11.1. The maximum absolute atomic E-state index is 12.0. The molecular formula is C8H8F2N4S. The van der Waals surface area contributed by atoms with Crippen LogP contribution >= 0.6 is 11.3 Å². The molecule has 2 heterocycles. The molecule has 15 heavy (non-hydrogen) atoms. The Bertz CT molecular complexity index is 451. The molecule has 0 amide bonds. The first-order chi connectivity index (χ1) is 7.15. The number of hydrogen-bond donors (Lipinski definition) is 1. The van der Waals surface area contributed by atoms with Gasteiger partial charge in [-0.3, -0.25) is 4.68 Å². The van der Waals surface area contributed by atoms with Crippen LogP contribution in [0.25, 0.3) is 10.7 Å². The second kappa shape index (κ2) is 3.93. The first-order valence-electron chi connectivity index (χ1n) is 4.18. The maximum atomic E-state index is 12.0. The van der Waals surface area contributed by atoms with E-state index in [1.807, 2.05) is 0 Å². The molecule has 0 atom stereocenters. The van der Waals surface area contributed by atoms with Gasteiger partial charge in [-0.15, -0.1) is 11.3 Å². The Morgan fingerprint density at radius 3 is 2.93 bits per heavy atom. The number of rotatable bonds is 3. The number of alkyl halides is 2. The fourth-order valence-electron chi connectivity index (χ4n) is 1.12. The summed E-state index contributed by atoms with van der Waals surface area (Å²) >= 11 is 1.34. The number of halogens is 2. The van der Waals surface area contributed by atoms with Crippen molar-refractivity contribution in [2.75, 3.05) is 5.73 Å². The van der Waals surface area contributed by atoms with E-state index in [1.165, 1.54) is 22.2 Å². The molecule has 2 N–H and O–H groups in total. The lowest BCUT2D eigenvalue weighted by Gasteiger charge is -1.97. The van der Waals surface area contributed by atoms with Gasteiger partial charge in [-0.05, 0) is 6.07 Å². The summed E-state index contributed by atoms with van der Waals surface area (Å²) in [5.74, 6) is 0.415. The van der Waals surface area contributed by atoms with Gasteiger partial charge < -0.3 is 5.73 Å². The number of nitrogen functional groups attached to an aromatic ring is 1. The second-order valence-electron chi connectivity index (χ2n) is 2.89. The minimum atomic E-state index is -2.40. The summed E-state index contributed by atoms with van der Waals surface area (Å²) in [6.07, 6.45) is -0.905. The zero-order valence-electron chi connectivity index (χ0n) is 7.60. The Kier molecular flexibility index (Phi) is 2.63. The van der Waals surface area contributed by atoms with Crippen LogP contribution in [-0.4, -0.2) is 21.2 Å². The first kappa shape index (κ1) is 10.0. The zero-order chi connectivity index (χ0) is 10.8. The molecule has 2 rings (SSSR count). The van der Waals surface area contributed by atoms with Crippen LogP contribution in [0.3, 0.4) is 0 Å². The third-order valence-electron chi connectivity index (χ3n) is 1.71. The molecule has 0 aliphatic carbocycles. The SMILES string of the molecule is Nc1csc(-c2ccn(CC(F)F)n2)n1. The summed E-state index contributed by atoms with van der Waals surface area (Å²) in [7, 11) is 0. The van der Waals surface area contributed by atoms with Crippen molar-refractivity contribution in [3.8, 4) is 10.7 Å². The van der Waals surface area contributed by atoms with Crippen LogP contribution < -0.4 is 5.73 Å². The molecule has 7 heteroatoms. The standard InChI is InChI=1S/C8H8F2N4S/c9-6(10)3-14-2-1-5(13-14)8-12-7(11)4-15-8/h1-2,4,6H,3,11H2. The molecule has 80 valence electrons. The van der Waals surface area contributed by atoms with Gasteiger partial charge in [0.05, 0.1) is 0 Å². The highest BCUT2D eigenvalue weighted by Gasteiger charge is 2.09. The van der Waals surface area contributed by atoms with Crippen molar-refractivity contribution in [3.05, 3.63) is 17.6 Å². The number of nitrogens with two attached hydrogens (primary N) is 1. The molecule has 0 aromatic carbocycles. The topological polar surface area (TPSA) is 56.7 Å². The quantitative estimate of drug-likeness (QED) is 0.875. The van der Waals surface area contributed by atoms with Crippen LogP contribution in [0.1, 0.15) is 0 Å². The molecule has 0 saturated heterocycles. The largest absolute Gasteiger partial charge is 0.383 e. The van der Waals surface area contributed by atoms with E-state index < -0.39 is 13.0 Å². The van der Waals surface area contributed by atoms with Gasteiger partial charge in [-0.25, -0.2) is 13.8 Å². The highest BCUT2D eigenvalue weighted by Crippen LogP contribution is 2.22. The molecule has 4 nitrogen and oxygen atoms in total. The summed E-state index contributed by atoms with van der Waals surface area (Å²) in [6, 6.07) is 1.64. The molecule has 0 radical (unpaired) electrons. The summed E-state index contributed by atoms with van der Waals surface area (Å²) in [4.78, 5) is 4.01. The minimum absolute atomic E-state index is 0.402. The number of nitrogens with zero attached hydrogens (tertiary/aromatic N) is 3. The van der Waals surface area contributed by atoms with E-state index in [-0.39, 0.29) is 0 Å². The van der Waals surface area contributed by atoms with E-state index in [4.69, 9.17) is 5.73 Å². The van der Waals surface area contributed by atoms with Gasteiger partial charge in [0, 0.05) is 11.6 Å². The highest BCUT2D eigenvalue weighted by molar-refractivity contribution is 7.13. The van der Waals surface area contributed by atoms with E-state index in [0.29, 0.717) is 16.5 Å². The lowest BCUT2D eigenvalue weighted by atomic mass is 10.5. The van der Waals surface area contributed by atoms with Crippen LogP contribution in [0, 0.1) is 0 Å². The van der Waals surface area contributed by atoms with Crippen LogP contribution in [-0.2, 0) is 6.54 Å². The van der Waals surface area contributed by atoms with Crippen molar-refractivity contribution in [2.45, 2.75) is 13.0 Å². The number of hydrogen-bond acceptors (Lipinski definition) is 4. The lowest BCUT2D eigenvalue weighted by molar-refractivity contribution is 0.122. The fraction of sp³-hybridized carbons (Fsp3) is 0.250. The van der Waals surface area contributed by atoms with Gasteiger partial charge in [-0.2, -0.15) is 5.10 Å². The minimum Gasteiger partial charge on any atom is -0.383 e. The number of thiazole rings is 1. The fourth-order valence-corrected chi connectivity index (χ4v) is 1.80. The van der Waals surface area contributed by atoms with E-state index in [2.05, 4.69) is 10.1 Å². The van der Waals surface area contributed by atoms with Gasteiger partial charge >= 0.3 is 0 Å². The Labute approximate surface area is 88.4 Å². The molecule has 0 unspecified atom stereocenters. The zero-order valence-corrected chi connectivity index (χ0v) is 8.42. The van der Waals surface area contributed by atoms with E-state index >= 15 is 0 Å². The molecule has 2 aromatic rings. The molecule has 0 aliphatic rings. The molecule has 0 fully saturated rings. The van der Waals surface area contributed by atoms with Crippen LogP contribution in [0.5, 0.6) is 0 Å².